The molecule has 112 valence electrons. The van der Waals surface area contributed by atoms with Gasteiger partial charge in [0.05, 0.1) is 10.5 Å². The summed E-state index contributed by atoms with van der Waals surface area (Å²) in [4.78, 5) is 0.0887. The highest BCUT2D eigenvalue weighted by Gasteiger charge is 2.28. The highest BCUT2D eigenvalue weighted by Crippen LogP contribution is 2.20. The van der Waals surface area contributed by atoms with Gasteiger partial charge in [0, 0.05) is 5.56 Å². The molecule has 0 unspecified atom stereocenters. The molecule has 0 amide bonds. The fraction of sp³-hybridized carbons (Fsp3) is 0.462. The van der Waals surface area contributed by atoms with Crippen molar-refractivity contribution in [1.29, 1.82) is 0 Å². The Balaban J connectivity index is 2.71. The fourth-order valence-electron chi connectivity index (χ4n) is 1.34. The summed E-state index contributed by atoms with van der Waals surface area (Å²) in [6, 6.07) is 4.07. The van der Waals surface area contributed by atoms with Gasteiger partial charge in [-0.15, -0.1) is 0 Å². The zero-order chi connectivity index (χ0) is 15.6. The highest BCUT2D eigenvalue weighted by molar-refractivity contribution is 7.92. The monoisotopic (exact) mass is 319 g/mol. The molecule has 0 aliphatic heterocycles. The molecule has 1 rings (SSSR count). The fourth-order valence-corrected chi connectivity index (χ4v) is 2.38. The lowest BCUT2D eigenvalue weighted by atomic mass is 10.2. The van der Waals surface area contributed by atoms with E-state index in [1.165, 1.54) is 12.1 Å². The molecule has 0 radical (unpaired) electrons. The van der Waals surface area contributed by atoms with Crippen LogP contribution in [-0.4, -0.2) is 30.5 Å². The average molecular weight is 319 g/mol. The number of nitrogens with two attached hydrogens (primary N) is 1. The second-order valence-electron chi connectivity index (χ2n) is 5.29. The molecule has 0 aromatic heterocycles. The van der Waals surface area contributed by atoms with Crippen molar-refractivity contribution in [3.05, 3.63) is 29.6 Å². The normalized spacial score (nSPS) is 12.2. The van der Waals surface area contributed by atoms with Gasteiger partial charge in [-0.1, -0.05) is 12.2 Å². The van der Waals surface area contributed by atoms with Crippen molar-refractivity contribution in [1.82, 2.24) is 0 Å². The maximum absolute atomic E-state index is 13.7. The zero-order valence-electron chi connectivity index (χ0n) is 11.6. The summed E-state index contributed by atoms with van der Waals surface area (Å²) in [5, 5.41) is 0. The number of hydrogen-bond acceptors (Lipinski definition) is 4. The Morgan fingerprint density at radius 1 is 1.40 bits per heavy atom. The van der Waals surface area contributed by atoms with Gasteiger partial charge < -0.3 is 10.5 Å². The van der Waals surface area contributed by atoms with E-state index in [0.29, 0.717) is 5.56 Å². The molecule has 20 heavy (non-hydrogen) atoms. The Morgan fingerprint density at radius 2 is 2.00 bits per heavy atom. The lowest BCUT2D eigenvalue weighted by Crippen LogP contribution is -2.32. The lowest BCUT2D eigenvalue weighted by molar-refractivity contribution is 0.321. The number of hydrogen-bond donors (Lipinski definition) is 1. The van der Waals surface area contributed by atoms with E-state index >= 15 is 0 Å². The number of rotatable bonds is 5. The van der Waals surface area contributed by atoms with Crippen LogP contribution in [0.15, 0.2) is 18.2 Å². The van der Waals surface area contributed by atoms with E-state index in [9.17, 15) is 12.8 Å². The lowest BCUT2D eigenvalue weighted by Gasteiger charge is -2.19. The van der Waals surface area contributed by atoms with Gasteiger partial charge in [-0.25, -0.2) is 12.8 Å². The Bertz CT molecular complexity index is 607. The number of thiocarbonyl (C=S) groups is 1. The molecule has 4 nitrogen and oxygen atoms in total. The Kier molecular flexibility index (Phi) is 5.10. The second kappa shape index (κ2) is 6.05. The molecular formula is C13H18FNO3S2. The van der Waals surface area contributed by atoms with E-state index in [1.807, 2.05) is 0 Å². The summed E-state index contributed by atoms with van der Waals surface area (Å²) in [6.07, 6.45) is 0. The van der Waals surface area contributed by atoms with Gasteiger partial charge in [0.1, 0.15) is 11.6 Å². The third-order valence-corrected chi connectivity index (χ3v) is 5.56. The van der Waals surface area contributed by atoms with E-state index < -0.39 is 20.4 Å². The van der Waals surface area contributed by atoms with Gasteiger partial charge in [0.2, 0.25) is 0 Å². The van der Waals surface area contributed by atoms with E-state index in [0.717, 1.165) is 6.07 Å². The van der Waals surface area contributed by atoms with Crippen LogP contribution in [0.4, 0.5) is 4.39 Å². The molecule has 2 N–H and O–H groups in total. The van der Waals surface area contributed by atoms with Crippen molar-refractivity contribution in [2.45, 2.75) is 25.5 Å². The Morgan fingerprint density at radius 3 is 2.45 bits per heavy atom. The van der Waals surface area contributed by atoms with Crippen molar-refractivity contribution in [3.8, 4) is 5.75 Å². The van der Waals surface area contributed by atoms with Gasteiger partial charge in [-0.05, 0) is 39.0 Å². The molecule has 1 aromatic carbocycles. The Labute approximate surface area is 124 Å². The molecular weight excluding hydrogens is 301 g/mol. The predicted molar refractivity (Wildman–Crippen MR) is 81.3 cm³/mol. The third kappa shape index (κ3) is 4.14. The molecule has 0 saturated heterocycles. The standard InChI is InChI=1S/C13H18FNO3S2/c1-13(2,3)20(16,17)7-6-18-11-5-4-9(12(15)19)8-10(11)14/h4-5,8H,6-7H2,1-3H3,(H2,15,19). The number of ether oxygens (including phenoxy) is 1. The first kappa shape index (κ1) is 16.8. The number of sulfone groups is 1. The summed E-state index contributed by atoms with van der Waals surface area (Å²) in [5.74, 6) is -0.815. The van der Waals surface area contributed by atoms with Crippen molar-refractivity contribution >= 4 is 27.0 Å². The van der Waals surface area contributed by atoms with Crippen molar-refractivity contribution < 1.29 is 17.5 Å². The molecule has 0 aliphatic carbocycles. The van der Waals surface area contributed by atoms with E-state index in [1.54, 1.807) is 20.8 Å². The smallest absolute Gasteiger partial charge is 0.165 e. The summed E-state index contributed by atoms with van der Waals surface area (Å²) in [6.45, 7) is 4.72. The third-order valence-electron chi connectivity index (χ3n) is 2.76. The average Bonchev–Trinajstić information content (AvgIpc) is 2.29. The van der Waals surface area contributed by atoms with Crippen molar-refractivity contribution in [2.75, 3.05) is 12.4 Å². The van der Waals surface area contributed by atoms with Gasteiger partial charge in [0.15, 0.2) is 21.4 Å². The summed E-state index contributed by atoms with van der Waals surface area (Å²) < 4.78 is 41.7. The van der Waals surface area contributed by atoms with Crippen LogP contribution in [-0.2, 0) is 9.84 Å². The SMILES string of the molecule is CC(C)(C)S(=O)(=O)CCOc1ccc(C(N)=S)cc1F. The van der Waals surface area contributed by atoms with Crippen LogP contribution in [0.3, 0.4) is 0 Å². The number of halogens is 1. The minimum absolute atomic E-state index is 0.0193. The van der Waals surface area contributed by atoms with Crippen LogP contribution in [0.25, 0.3) is 0 Å². The molecule has 0 atom stereocenters. The van der Waals surface area contributed by atoms with Gasteiger partial charge in [0.25, 0.3) is 0 Å². The van der Waals surface area contributed by atoms with Crippen LogP contribution in [0, 0.1) is 5.82 Å². The van der Waals surface area contributed by atoms with Gasteiger partial charge in [-0.2, -0.15) is 0 Å². The summed E-state index contributed by atoms with van der Waals surface area (Å²) in [5.41, 5.74) is 5.78. The van der Waals surface area contributed by atoms with Crippen LogP contribution >= 0.6 is 12.2 Å². The zero-order valence-corrected chi connectivity index (χ0v) is 13.3. The molecule has 0 spiro atoms. The summed E-state index contributed by atoms with van der Waals surface area (Å²) in [7, 11) is -3.29. The predicted octanol–water partition coefficient (Wildman–Crippen LogP) is 2.05. The van der Waals surface area contributed by atoms with Crippen LogP contribution in [0.5, 0.6) is 5.75 Å². The highest BCUT2D eigenvalue weighted by atomic mass is 32.2. The molecule has 0 bridgehead atoms. The van der Waals surface area contributed by atoms with Gasteiger partial charge >= 0.3 is 0 Å². The molecule has 0 saturated carbocycles. The van der Waals surface area contributed by atoms with Crippen molar-refractivity contribution in [3.63, 3.8) is 0 Å². The second-order valence-corrected chi connectivity index (χ2v) is 8.59. The first-order valence-electron chi connectivity index (χ1n) is 5.99. The Hall–Kier alpha value is -1.21. The largest absolute Gasteiger partial charge is 0.489 e. The molecule has 1 aromatic rings. The van der Waals surface area contributed by atoms with Gasteiger partial charge in [-0.3, -0.25) is 0 Å². The van der Waals surface area contributed by atoms with Crippen molar-refractivity contribution in [2.24, 2.45) is 5.73 Å². The first-order valence-corrected chi connectivity index (χ1v) is 8.05. The van der Waals surface area contributed by atoms with E-state index in [-0.39, 0.29) is 23.1 Å². The topological polar surface area (TPSA) is 69.4 Å². The molecule has 0 aliphatic rings. The molecule has 0 fully saturated rings. The maximum atomic E-state index is 13.7. The quantitative estimate of drug-likeness (QED) is 0.841. The number of benzene rings is 1. The molecule has 0 heterocycles. The minimum Gasteiger partial charge on any atom is -0.489 e. The maximum Gasteiger partial charge on any atom is 0.165 e. The first-order chi connectivity index (χ1) is 9.04. The van der Waals surface area contributed by atoms with Crippen LogP contribution in [0.2, 0.25) is 0 Å². The summed E-state index contributed by atoms with van der Waals surface area (Å²) >= 11 is 4.73. The molecule has 7 heteroatoms. The van der Waals surface area contributed by atoms with Crippen LogP contribution < -0.4 is 10.5 Å². The van der Waals surface area contributed by atoms with Crippen LogP contribution in [0.1, 0.15) is 26.3 Å². The van der Waals surface area contributed by atoms with E-state index in [4.69, 9.17) is 22.7 Å². The van der Waals surface area contributed by atoms with E-state index in [2.05, 4.69) is 0 Å². The minimum atomic E-state index is -3.29.